The van der Waals surface area contributed by atoms with E-state index in [4.69, 9.17) is 4.74 Å². The summed E-state index contributed by atoms with van der Waals surface area (Å²) >= 11 is 0. The van der Waals surface area contributed by atoms with Gasteiger partial charge in [-0.1, -0.05) is 12.8 Å². The number of ether oxygens (including phenoxy) is 1. The van der Waals surface area contributed by atoms with Gasteiger partial charge >= 0.3 is 0 Å². The van der Waals surface area contributed by atoms with Gasteiger partial charge < -0.3 is 19.4 Å². The fourth-order valence-corrected chi connectivity index (χ4v) is 6.96. The van der Waals surface area contributed by atoms with Crippen molar-refractivity contribution in [3.63, 3.8) is 0 Å². The first-order valence-corrected chi connectivity index (χ1v) is 12.8. The second-order valence-electron chi connectivity index (χ2n) is 10.6. The number of likely N-dealkylation sites (tertiary alicyclic amines) is 2. The summed E-state index contributed by atoms with van der Waals surface area (Å²) < 4.78 is 5.65. The zero-order valence-corrected chi connectivity index (χ0v) is 19.0. The molecule has 172 valence electrons. The molecule has 4 heterocycles. The SMILES string of the molecule is O=C(C1CCN(c2ccc(C(=O)N3CCCC4CCCCC43)cc2)C1)N1CC2CC1CO2. The van der Waals surface area contributed by atoms with Crippen molar-refractivity contribution >= 4 is 17.5 Å². The number of piperidine rings is 1. The van der Waals surface area contributed by atoms with Crippen molar-refractivity contribution < 1.29 is 14.3 Å². The third kappa shape index (κ3) is 3.60. The van der Waals surface area contributed by atoms with Crippen molar-refractivity contribution in [3.8, 4) is 0 Å². The number of rotatable bonds is 3. The van der Waals surface area contributed by atoms with E-state index in [0.29, 0.717) is 30.5 Å². The van der Waals surface area contributed by atoms with Crippen LogP contribution in [0.3, 0.4) is 0 Å². The van der Waals surface area contributed by atoms with Gasteiger partial charge in [-0.05, 0) is 68.7 Å². The van der Waals surface area contributed by atoms with Crippen LogP contribution >= 0.6 is 0 Å². The summed E-state index contributed by atoms with van der Waals surface area (Å²) in [7, 11) is 0. The average Bonchev–Trinajstić information content (AvgIpc) is 3.60. The van der Waals surface area contributed by atoms with Gasteiger partial charge in [-0.25, -0.2) is 0 Å². The summed E-state index contributed by atoms with van der Waals surface area (Å²) in [5, 5.41) is 0. The van der Waals surface area contributed by atoms with E-state index < -0.39 is 0 Å². The number of carbonyl (C=O) groups excluding carboxylic acids is 2. The quantitative estimate of drug-likeness (QED) is 0.728. The molecule has 5 atom stereocenters. The maximum atomic E-state index is 13.3. The molecule has 6 heteroatoms. The van der Waals surface area contributed by atoms with E-state index in [2.05, 4.69) is 26.8 Å². The van der Waals surface area contributed by atoms with Crippen LogP contribution < -0.4 is 4.90 Å². The Labute approximate surface area is 190 Å². The first-order valence-electron chi connectivity index (χ1n) is 12.8. The third-order valence-electron chi connectivity index (χ3n) is 8.70. The highest BCUT2D eigenvalue weighted by Crippen LogP contribution is 2.36. The molecule has 1 saturated carbocycles. The lowest BCUT2D eigenvalue weighted by Gasteiger charge is -2.44. The van der Waals surface area contributed by atoms with Gasteiger partial charge in [0.15, 0.2) is 0 Å². The van der Waals surface area contributed by atoms with Gasteiger partial charge in [0.1, 0.15) is 0 Å². The lowest BCUT2D eigenvalue weighted by Crippen LogP contribution is -2.49. The summed E-state index contributed by atoms with van der Waals surface area (Å²) in [6.07, 6.45) is 9.63. The van der Waals surface area contributed by atoms with Crippen molar-refractivity contribution in [2.75, 3.05) is 37.7 Å². The van der Waals surface area contributed by atoms with E-state index >= 15 is 0 Å². The second kappa shape index (κ2) is 8.36. The molecule has 2 amide bonds. The number of nitrogens with zero attached hydrogens (tertiary/aromatic N) is 3. The van der Waals surface area contributed by atoms with Crippen molar-refractivity contribution in [2.45, 2.75) is 69.6 Å². The van der Waals surface area contributed by atoms with E-state index in [9.17, 15) is 9.59 Å². The van der Waals surface area contributed by atoms with Gasteiger partial charge in [0, 0.05) is 43.5 Å². The molecular formula is C26H35N3O3. The predicted molar refractivity (Wildman–Crippen MR) is 123 cm³/mol. The molecule has 0 aromatic heterocycles. The minimum Gasteiger partial charge on any atom is -0.374 e. The Kier molecular flexibility index (Phi) is 5.36. The highest BCUT2D eigenvalue weighted by molar-refractivity contribution is 5.95. The lowest BCUT2D eigenvalue weighted by molar-refractivity contribution is -0.139. The van der Waals surface area contributed by atoms with Crippen LogP contribution in [0.5, 0.6) is 0 Å². The van der Waals surface area contributed by atoms with Crippen LogP contribution in [0.4, 0.5) is 5.69 Å². The number of carbonyl (C=O) groups is 2. The normalized spacial score (nSPS) is 34.1. The number of morpholine rings is 1. The Bertz CT molecular complexity index is 870. The molecule has 0 radical (unpaired) electrons. The molecule has 1 aromatic rings. The molecule has 4 aliphatic heterocycles. The number of amides is 2. The van der Waals surface area contributed by atoms with Gasteiger partial charge in [-0.2, -0.15) is 0 Å². The number of hydrogen-bond donors (Lipinski definition) is 0. The van der Waals surface area contributed by atoms with Crippen molar-refractivity contribution in [1.29, 1.82) is 0 Å². The maximum Gasteiger partial charge on any atom is 0.254 e. The highest BCUT2D eigenvalue weighted by Gasteiger charge is 2.44. The molecule has 4 saturated heterocycles. The van der Waals surface area contributed by atoms with Gasteiger partial charge in [0.2, 0.25) is 5.91 Å². The summed E-state index contributed by atoms with van der Waals surface area (Å²) in [6.45, 7) is 4.06. The maximum absolute atomic E-state index is 13.3. The molecule has 6 nitrogen and oxygen atoms in total. The standard InChI is InChI=1S/C26H35N3O3/c30-25(28-12-3-5-18-4-1-2-6-24(18)28)19-7-9-21(10-8-19)27-13-11-20(15-27)26(31)29-16-23-14-22(29)17-32-23/h7-10,18,20,22-24H,1-6,11-17H2. The van der Waals surface area contributed by atoms with Gasteiger partial charge in [0.05, 0.1) is 24.7 Å². The molecule has 5 unspecified atom stereocenters. The van der Waals surface area contributed by atoms with E-state index in [1.807, 2.05) is 12.1 Å². The van der Waals surface area contributed by atoms with Gasteiger partial charge in [-0.15, -0.1) is 0 Å². The predicted octanol–water partition coefficient (Wildman–Crippen LogP) is 3.31. The first-order chi connectivity index (χ1) is 15.7. The Morgan fingerprint density at radius 2 is 1.69 bits per heavy atom. The van der Waals surface area contributed by atoms with E-state index in [0.717, 1.165) is 56.7 Å². The molecular weight excluding hydrogens is 402 g/mol. The van der Waals surface area contributed by atoms with E-state index in [1.54, 1.807) is 0 Å². The smallest absolute Gasteiger partial charge is 0.254 e. The Balaban J connectivity index is 1.09. The Morgan fingerprint density at radius 3 is 2.47 bits per heavy atom. The summed E-state index contributed by atoms with van der Waals surface area (Å²) in [5.41, 5.74) is 1.93. The van der Waals surface area contributed by atoms with Crippen molar-refractivity contribution in [3.05, 3.63) is 29.8 Å². The van der Waals surface area contributed by atoms with Crippen LogP contribution in [-0.4, -0.2) is 72.6 Å². The molecule has 32 heavy (non-hydrogen) atoms. The summed E-state index contributed by atoms with van der Waals surface area (Å²) in [5.74, 6) is 1.29. The molecule has 0 N–H and O–H groups in total. The van der Waals surface area contributed by atoms with Gasteiger partial charge in [0.25, 0.3) is 5.91 Å². The summed E-state index contributed by atoms with van der Waals surface area (Å²) in [4.78, 5) is 32.9. The number of fused-ring (bicyclic) bond motifs is 3. The van der Waals surface area contributed by atoms with E-state index in [-0.39, 0.29) is 17.9 Å². The Morgan fingerprint density at radius 1 is 0.875 bits per heavy atom. The number of benzene rings is 1. The minimum absolute atomic E-state index is 0.0762. The van der Waals surface area contributed by atoms with Crippen LogP contribution in [0.2, 0.25) is 0 Å². The molecule has 1 aliphatic carbocycles. The first kappa shape index (κ1) is 20.5. The summed E-state index contributed by atoms with van der Waals surface area (Å²) in [6, 6.07) is 8.89. The average molecular weight is 438 g/mol. The fraction of sp³-hybridized carbons (Fsp3) is 0.692. The van der Waals surface area contributed by atoms with Crippen molar-refractivity contribution in [2.24, 2.45) is 11.8 Å². The van der Waals surface area contributed by atoms with Crippen LogP contribution in [0.15, 0.2) is 24.3 Å². The molecule has 5 aliphatic rings. The van der Waals surface area contributed by atoms with Crippen LogP contribution in [-0.2, 0) is 9.53 Å². The van der Waals surface area contributed by atoms with E-state index in [1.165, 1.54) is 32.1 Å². The largest absolute Gasteiger partial charge is 0.374 e. The molecule has 2 bridgehead atoms. The third-order valence-corrected chi connectivity index (χ3v) is 8.70. The lowest BCUT2D eigenvalue weighted by atomic mass is 9.78. The topological polar surface area (TPSA) is 53.1 Å². The minimum atomic E-state index is 0.0762. The molecule has 1 aromatic carbocycles. The Hall–Kier alpha value is -2.08. The molecule has 6 rings (SSSR count). The zero-order chi connectivity index (χ0) is 21.7. The molecule has 5 fully saturated rings. The number of hydrogen-bond acceptors (Lipinski definition) is 4. The van der Waals surface area contributed by atoms with Crippen LogP contribution in [0.25, 0.3) is 0 Å². The monoisotopic (exact) mass is 437 g/mol. The van der Waals surface area contributed by atoms with Crippen LogP contribution in [0, 0.1) is 11.8 Å². The van der Waals surface area contributed by atoms with Gasteiger partial charge in [-0.3, -0.25) is 9.59 Å². The highest BCUT2D eigenvalue weighted by atomic mass is 16.5. The fourth-order valence-electron chi connectivity index (χ4n) is 6.96. The van der Waals surface area contributed by atoms with Crippen LogP contribution in [0.1, 0.15) is 61.7 Å². The molecule has 0 spiro atoms. The second-order valence-corrected chi connectivity index (χ2v) is 10.6. The van der Waals surface area contributed by atoms with Crippen molar-refractivity contribution in [1.82, 2.24) is 9.80 Å². The zero-order valence-electron chi connectivity index (χ0n) is 19.0. The number of anilines is 1.